The molecule has 2 atom stereocenters. The van der Waals surface area contributed by atoms with Gasteiger partial charge in [0.2, 0.25) is 0 Å². The van der Waals surface area contributed by atoms with Crippen molar-refractivity contribution >= 4 is 24.3 Å². The van der Waals surface area contributed by atoms with Crippen LogP contribution in [0.25, 0.3) is 0 Å². The highest BCUT2D eigenvalue weighted by Crippen LogP contribution is 2.08. The Morgan fingerprint density at radius 2 is 1.89 bits per heavy atom. The normalized spacial score (nSPS) is 20.8. The Morgan fingerprint density at radius 3 is 2.42 bits per heavy atom. The Kier molecular flexibility index (Phi) is 7.06. The average molecular weight is 289 g/mol. The fourth-order valence-electron chi connectivity index (χ4n) is 1.89. The average Bonchev–Trinajstić information content (AvgIpc) is 2.79. The van der Waals surface area contributed by atoms with Crippen LogP contribution in [0.5, 0.6) is 0 Å². The first-order chi connectivity index (χ1) is 8.16. The Morgan fingerprint density at radius 1 is 1.26 bits per heavy atom. The van der Waals surface area contributed by atoms with Crippen molar-refractivity contribution in [3.8, 4) is 0 Å². The number of amides is 1. The van der Waals surface area contributed by atoms with Crippen molar-refractivity contribution in [2.24, 2.45) is 0 Å². The van der Waals surface area contributed by atoms with E-state index in [0.29, 0.717) is 18.5 Å². The number of nitrogens with one attached hydrogen (secondary N) is 2. The minimum Gasteiger partial charge on any atom is -0.480 e. The van der Waals surface area contributed by atoms with Crippen LogP contribution < -0.4 is 10.6 Å². The molecule has 0 saturated carbocycles. The zero-order valence-corrected chi connectivity index (χ0v) is 10.9. The number of aliphatic carboxylic acids is 1. The molecule has 0 aliphatic carbocycles. The molecule has 0 bridgehead atoms. The highest BCUT2D eigenvalue weighted by molar-refractivity contribution is 5.94. The molecule has 106 valence electrons. The maximum Gasteiger partial charge on any atom is 0.320 e. The van der Waals surface area contributed by atoms with Gasteiger partial charge in [0.25, 0.3) is 5.91 Å². The van der Waals surface area contributed by atoms with Gasteiger partial charge >= 0.3 is 5.97 Å². The van der Waals surface area contributed by atoms with E-state index >= 15 is 0 Å². The molecule has 1 fully saturated rings. The van der Waals surface area contributed by atoms with Gasteiger partial charge in [-0.15, -0.1) is 12.4 Å². The lowest BCUT2D eigenvalue weighted by Crippen LogP contribution is -2.36. The predicted octanol–water partition coefficient (Wildman–Crippen LogP) is -0.171. The molecule has 0 radical (unpaired) electrons. The van der Waals surface area contributed by atoms with E-state index in [9.17, 15) is 9.59 Å². The van der Waals surface area contributed by atoms with E-state index in [1.165, 1.54) is 0 Å². The highest BCUT2D eigenvalue weighted by atomic mass is 35.5. The summed E-state index contributed by atoms with van der Waals surface area (Å²) in [7, 11) is 0. The van der Waals surface area contributed by atoms with Gasteiger partial charge < -0.3 is 21.2 Å². The number of hydrogen-bond donors (Lipinski definition) is 3. The summed E-state index contributed by atoms with van der Waals surface area (Å²) < 4.78 is 0. The SMILES string of the molecule is Cl.O.O=C(NC1CNC(C(=O)O)C1)c1ccccc1. The smallest absolute Gasteiger partial charge is 0.320 e. The number of hydrogen-bond acceptors (Lipinski definition) is 3. The van der Waals surface area contributed by atoms with Crippen LogP contribution >= 0.6 is 12.4 Å². The number of carboxylic acids is 1. The van der Waals surface area contributed by atoms with Crippen LogP contribution in [0.15, 0.2) is 30.3 Å². The van der Waals surface area contributed by atoms with Crippen LogP contribution in [-0.2, 0) is 4.79 Å². The predicted molar refractivity (Wildman–Crippen MR) is 72.6 cm³/mol. The Hall–Kier alpha value is -1.63. The first kappa shape index (κ1) is 17.4. The molecule has 2 rings (SSSR count). The van der Waals surface area contributed by atoms with Gasteiger partial charge in [-0.25, -0.2) is 0 Å². The van der Waals surface area contributed by atoms with Gasteiger partial charge in [-0.1, -0.05) is 18.2 Å². The summed E-state index contributed by atoms with van der Waals surface area (Å²) >= 11 is 0. The molecule has 1 aliphatic heterocycles. The first-order valence-electron chi connectivity index (χ1n) is 5.49. The molecule has 19 heavy (non-hydrogen) atoms. The van der Waals surface area contributed by atoms with E-state index in [0.717, 1.165) is 0 Å². The monoisotopic (exact) mass is 288 g/mol. The quantitative estimate of drug-likeness (QED) is 0.717. The lowest BCUT2D eigenvalue weighted by Gasteiger charge is -2.11. The number of rotatable bonds is 3. The van der Waals surface area contributed by atoms with Gasteiger partial charge in [-0.3, -0.25) is 9.59 Å². The molecule has 1 aromatic carbocycles. The van der Waals surface area contributed by atoms with E-state index in [1.807, 2.05) is 6.07 Å². The largest absolute Gasteiger partial charge is 0.480 e. The van der Waals surface area contributed by atoms with Gasteiger partial charge in [0, 0.05) is 18.2 Å². The van der Waals surface area contributed by atoms with Crippen molar-refractivity contribution in [3.05, 3.63) is 35.9 Å². The second-order valence-corrected chi connectivity index (χ2v) is 4.07. The maximum atomic E-state index is 11.8. The highest BCUT2D eigenvalue weighted by Gasteiger charge is 2.29. The van der Waals surface area contributed by atoms with Crippen LogP contribution in [-0.4, -0.2) is 41.1 Å². The van der Waals surface area contributed by atoms with E-state index < -0.39 is 12.0 Å². The summed E-state index contributed by atoms with van der Waals surface area (Å²) in [5, 5.41) is 14.5. The van der Waals surface area contributed by atoms with Gasteiger partial charge in [0.1, 0.15) is 6.04 Å². The maximum absolute atomic E-state index is 11.8. The van der Waals surface area contributed by atoms with Crippen LogP contribution in [0.4, 0.5) is 0 Å². The molecule has 1 amide bonds. The Labute approximate surface area is 116 Å². The van der Waals surface area contributed by atoms with E-state index in [2.05, 4.69) is 10.6 Å². The summed E-state index contributed by atoms with van der Waals surface area (Å²) in [4.78, 5) is 22.5. The van der Waals surface area contributed by atoms with Gasteiger partial charge in [-0.05, 0) is 18.6 Å². The summed E-state index contributed by atoms with van der Waals surface area (Å²) in [5.74, 6) is -1.04. The number of carbonyl (C=O) groups excluding carboxylic acids is 1. The van der Waals surface area contributed by atoms with E-state index in [-0.39, 0.29) is 29.8 Å². The Bertz CT molecular complexity index is 427. The second-order valence-electron chi connectivity index (χ2n) is 4.07. The second kappa shape index (κ2) is 7.73. The first-order valence-corrected chi connectivity index (χ1v) is 5.49. The van der Waals surface area contributed by atoms with Crippen LogP contribution in [0.2, 0.25) is 0 Å². The lowest BCUT2D eigenvalue weighted by atomic mass is 10.1. The standard InChI is InChI=1S/C12H14N2O3.ClH.H2O/c15-11(8-4-2-1-3-5-8)14-9-6-10(12(16)17)13-7-9;;/h1-5,9-10,13H,6-7H2,(H,14,15)(H,16,17);1H;1H2. The fourth-order valence-corrected chi connectivity index (χ4v) is 1.89. The van der Waals surface area contributed by atoms with E-state index in [1.54, 1.807) is 24.3 Å². The third-order valence-corrected chi connectivity index (χ3v) is 2.80. The van der Waals surface area contributed by atoms with Crippen LogP contribution in [0, 0.1) is 0 Å². The van der Waals surface area contributed by atoms with Crippen molar-refractivity contribution in [2.45, 2.75) is 18.5 Å². The van der Waals surface area contributed by atoms with Crippen molar-refractivity contribution in [1.29, 1.82) is 0 Å². The zero-order valence-electron chi connectivity index (χ0n) is 10.1. The van der Waals surface area contributed by atoms with Crippen LogP contribution in [0.3, 0.4) is 0 Å². The molecule has 1 heterocycles. The van der Waals surface area contributed by atoms with Crippen molar-refractivity contribution < 1.29 is 20.2 Å². The van der Waals surface area contributed by atoms with E-state index in [4.69, 9.17) is 5.11 Å². The third-order valence-electron chi connectivity index (χ3n) is 2.80. The topological polar surface area (TPSA) is 110 Å². The molecular weight excluding hydrogens is 272 g/mol. The minimum atomic E-state index is -0.874. The summed E-state index contributed by atoms with van der Waals surface area (Å²) in [6.45, 7) is 0.496. The molecule has 1 saturated heterocycles. The molecule has 5 N–H and O–H groups in total. The molecular formula is C12H17ClN2O4. The van der Waals surface area contributed by atoms with Crippen LogP contribution in [0.1, 0.15) is 16.8 Å². The molecule has 1 aliphatic rings. The van der Waals surface area contributed by atoms with Gasteiger partial charge in [0.15, 0.2) is 0 Å². The molecule has 1 aromatic rings. The lowest BCUT2D eigenvalue weighted by molar-refractivity contribution is -0.139. The molecule has 6 nitrogen and oxygen atoms in total. The van der Waals surface area contributed by atoms with Crippen molar-refractivity contribution in [3.63, 3.8) is 0 Å². The third kappa shape index (κ3) is 4.51. The molecule has 0 aromatic heterocycles. The number of carboxylic acid groups (broad SMARTS) is 1. The Balaban J connectivity index is 0.00000162. The number of carbonyl (C=O) groups is 2. The zero-order chi connectivity index (χ0) is 12.3. The van der Waals surface area contributed by atoms with Gasteiger partial charge in [0.05, 0.1) is 0 Å². The van der Waals surface area contributed by atoms with Crippen molar-refractivity contribution in [1.82, 2.24) is 10.6 Å². The summed E-state index contributed by atoms with van der Waals surface area (Å²) in [6.07, 6.45) is 0.425. The fraction of sp³-hybridized carbons (Fsp3) is 0.333. The summed E-state index contributed by atoms with van der Waals surface area (Å²) in [6, 6.07) is 8.21. The van der Waals surface area contributed by atoms with Gasteiger partial charge in [-0.2, -0.15) is 0 Å². The summed E-state index contributed by atoms with van der Waals surface area (Å²) in [5.41, 5.74) is 0.589. The molecule has 0 spiro atoms. The minimum absolute atomic E-state index is 0. The van der Waals surface area contributed by atoms with Crippen molar-refractivity contribution in [2.75, 3.05) is 6.54 Å². The molecule has 2 unspecified atom stereocenters. The number of benzene rings is 1. The number of halogens is 1. The molecule has 7 heteroatoms.